The molecule has 0 saturated carbocycles. The lowest BCUT2D eigenvalue weighted by atomic mass is 10.2. The topological polar surface area (TPSA) is 0 Å². The molecule has 0 bridgehead atoms. The first-order valence-electron chi connectivity index (χ1n) is 3.63. The molecule has 0 nitrogen and oxygen atoms in total. The van der Waals surface area contributed by atoms with Gasteiger partial charge >= 0.3 is 0 Å². The molecule has 0 radical (unpaired) electrons. The van der Waals surface area contributed by atoms with Gasteiger partial charge in [0, 0.05) is 23.9 Å². The molecule has 0 aliphatic rings. The fourth-order valence-corrected chi connectivity index (χ4v) is 3.90. The number of halogens is 2. The van der Waals surface area contributed by atoms with Crippen LogP contribution in [0.2, 0.25) is 0 Å². The molecule has 4 heteroatoms. The highest BCUT2D eigenvalue weighted by atomic mass is 127. The average molecular weight is 324 g/mol. The first kappa shape index (κ1) is 9.73. The third-order valence-corrected chi connectivity index (χ3v) is 4.82. The van der Waals surface area contributed by atoms with Crippen LogP contribution in [0.4, 0.5) is 4.39 Å². The molecule has 0 atom stereocenters. The van der Waals surface area contributed by atoms with E-state index >= 15 is 0 Å². The van der Waals surface area contributed by atoms with Gasteiger partial charge in [0.1, 0.15) is 5.82 Å². The van der Waals surface area contributed by atoms with Crippen LogP contribution >= 0.6 is 45.7 Å². The van der Waals surface area contributed by atoms with E-state index in [1.807, 2.05) is 18.4 Å². The maximum Gasteiger partial charge on any atom is 0.142 e. The van der Waals surface area contributed by atoms with Crippen molar-refractivity contribution in [1.29, 1.82) is 0 Å². The number of hydrogen-bond donors (Lipinski definition) is 0. The summed E-state index contributed by atoms with van der Waals surface area (Å²) in [6.45, 7) is 0. The van der Waals surface area contributed by atoms with Gasteiger partial charge in [-0.1, -0.05) is 0 Å². The molecular formula is C9H6FIS2. The van der Waals surface area contributed by atoms with Gasteiger partial charge < -0.3 is 0 Å². The predicted octanol–water partition coefficient (Wildman–Crippen LogP) is 4.37. The first-order valence-corrected chi connectivity index (χ1v) is 6.81. The number of rotatable bonds is 1. The molecule has 0 fully saturated rings. The van der Waals surface area contributed by atoms with Gasteiger partial charge in [-0.3, -0.25) is 0 Å². The average Bonchev–Trinajstić information content (AvgIpc) is 2.49. The number of thioether (sulfide) groups is 1. The summed E-state index contributed by atoms with van der Waals surface area (Å²) in [5.74, 6) is -0.0946. The lowest BCUT2D eigenvalue weighted by molar-refractivity contribution is 0.642. The second-order valence-electron chi connectivity index (χ2n) is 2.54. The standard InChI is InChI=1S/C9H6FIS2/c1-12-9-6(11)2-3-7-8(9)5(10)4-13-7/h2-4H,1H3. The normalized spacial score (nSPS) is 11.0. The molecule has 0 spiro atoms. The minimum absolute atomic E-state index is 0.0946. The Labute approximate surface area is 97.7 Å². The molecule has 0 saturated heterocycles. The molecule has 13 heavy (non-hydrogen) atoms. The zero-order valence-corrected chi connectivity index (χ0v) is 10.6. The summed E-state index contributed by atoms with van der Waals surface area (Å²) in [6.07, 6.45) is 1.98. The second-order valence-corrected chi connectivity index (χ2v) is 5.43. The maximum absolute atomic E-state index is 13.4. The Morgan fingerprint density at radius 2 is 2.23 bits per heavy atom. The summed E-state index contributed by atoms with van der Waals surface area (Å²) in [6, 6.07) is 4.01. The Kier molecular flexibility index (Phi) is 2.80. The number of thiophene rings is 1. The van der Waals surface area contributed by atoms with E-state index < -0.39 is 0 Å². The smallest absolute Gasteiger partial charge is 0.142 e. The predicted molar refractivity (Wildman–Crippen MR) is 66.3 cm³/mol. The first-order chi connectivity index (χ1) is 6.24. The molecule has 0 amide bonds. The fraction of sp³-hybridized carbons (Fsp3) is 0.111. The van der Waals surface area contributed by atoms with Crippen molar-refractivity contribution in [1.82, 2.24) is 0 Å². The van der Waals surface area contributed by atoms with Crippen molar-refractivity contribution in [3.8, 4) is 0 Å². The van der Waals surface area contributed by atoms with Crippen molar-refractivity contribution in [3.05, 3.63) is 26.9 Å². The van der Waals surface area contributed by atoms with Crippen LogP contribution in [0.3, 0.4) is 0 Å². The summed E-state index contributed by atoms with van der Waals surface area (Å²) in [5, 5.41) is 2.35. The molecule has 0 aliphatic heterocycles. The maximum atomic E-state index is 13.4. The van der Waals surface area contributed by atoms with E-state index in [0.717, 1.165) is 18.6 Å². The summed E-state index contributed by atoms with van der Waals surface area (Å²) >= 11 is 5.30. The van der Waals surface area contributed by atoms with Crippen LogP contribution in [0.15, 0.2) is 22.4 Å². The minimum Gasteiger partial charge on any atom is -0.205 e. The van der Waals surface area contributed by atoms with Crippen LogP contribution in [-0.4, -0.2) is 6.26 Å². The highest BCUT2D eigenvalue weighted by molar-refractivity contribution is 14.1. The van der Waals surface area contributed by atoms with E-state index in [2.05, 4.69) is 22.6 Å². The number of benzene rings is 1. The zero-order chi connectivity index (χ0) is 9.42. The van der Waals surface area contributed by atoms with Gasteiger partial charge in [0.25, 0.3) is 0 Å². The van der Waals surface area contributed by atoms with Gasteiger partial charge in [-0.15, -0.1) is 23.1 Å². The summed E-state index contributed by atoms with van der Waals surface area (Å²) in [7, 11) is 0. The largest absolute Gasteiger partial charge is 0.205 e. The Morgan fingerprint density at radius 3 is 2.92 bits per heavy atom. The van der Waals surface area contributed by atoms with Gasteiger partial charge in [0.15, 0.2) is 0 Å². The third kappa shape index (κ3) is 1.59. The van der Waals surface area contributed by atoms with Gasteiger partial charge in [0.2, 0.25) is 0 Å². The van der Waals surface area contributed by atoms with E-state index in [1.165, 1.54) is 11.3 Å². The second kappa shape index (κ2) is 3.74. The van der Waals surface area contributed by atoms with Crippen LogP contribution < -0.4 is 0 Å². The molecule has 0 aliphatic carbocycles. The molecule has 0 N–H and O–H groups in total. The molecule has 1 aromatic heterocycles. The van der Waals surface area contributed by atoms with Crippen LogP contribution in [0.5, 0.6) is 0 Å². The van der Waals surface area contributed by atoms with E-state index in [4.69, 9.17) is 0 Å². The van der Waals surface area contributed by atoms with Crippen molar-refractivity contribution < 1.29 is 4.39 Å². The lowest BCUT2D eigenvalue weighted by Gasteiger charge is -2.02. The Balaban J connectivity index is 2.88. The Hall–Kier alpha value is 0.190. The summed E-state index contributed by atoms with van der Waals surface area (Å²) < 4.78 is 15.5. The van der Waals surface area contributed by atoms with Crippen molar-refractivity contribution in [3.63, 3.8) is 0 Å². The molecule has 2 rings (SSSR count). The summed E-state index contributed by atoms with van der Waals surface area (Å²) in [4.78, 5) is 1.05. The van der Waals surface area contributed by atoms with Crippen molar-refractivity contribution in [2.75, 3.05) is 6.26 Å². The van der Waals surface area contributed by atoms with Crippen molar-refractivity contribution >= 4 is 55.8 Å². The van der Waals surface area contributed by atoms with E-state index in [9.17, 15) is 4.39 Å². The Morgan fingerprint density at radius 1 is 1.46 bits per heavy atom. The van der Waals surface area contributed by atoms with E-state index in [0.29, 0.717) is 0 Å². The van der Waals surface area contributed by atoms with Gasteiger partial charge in [-0.2, -0.15) is 0 Å². The molecular weight excluding hydrogens is 318 g/mol. The highest BCUT2D eigenvalue weighted by Crippen LogP contribution is 2.35. The van der Waals surface area contributed by atoms with E-state index in [-0.39, 0.29) is 5.82 Å². The minimum atomic E-state index is -0.0946. The monoisotopic (exact) mass is 324 g/mol. The van der Waals surface area contributed by atoms with Gasteiger partial charge in [-0.05, 0) is 41.0 Å². The van der Waals surface area contributed by atoms with Crippen LogP contribution in [-0.2, 0) is 0 Å². The number of hydrogen-bond acceptors (Lipinski definition) is 2. The molecule has 1 heterocycles. The highest BCUT2D eigenvalue weighted by Gasteiger charge is 2.10. The summed E-state index contributed by atoms with van der Waals surface area (Å²) in [5.41, 5.74) is 0. The third-order valence-electron chi connectivity index (χ3n) is 1.80. The SMILES string of the molecule is CSc1c(I)ccc2scc(F)c12. The van der Waals surface area contributed by atoms with E-state index in [1.54, 1.807) is 17.1 Å². The van der Waals surface area contributed by atoms with Crippen LogP contribution in [0.25, 0.3) is 10.1 Å². The fourth-order valence-electron chi connectivity index (χ4n) is 1.24. The van der Waals surface area contributed by atoms with Crippen LogP contribution in [0, 0.1) is 9.39 Å². The molecule has 68 valence electrons. The quantitative estimate of drug-likeness (QED) is 0.555. The van der Waals surface area contributed by atoms with Crippen molar-refractivity contribution in [2.45, 2.75) is 4.90 Å². The van der Waals surface area contributed by atoms with Crippen molar-refractivity contribution in [2.24, 2.45) is 0 Å². The van der Waals surface area contributed by atoms with Gasteiger partial charge in [0.05, 0.1) is 0 Å². The molecule has 1 aromatic carbocycles. The Bertz CT molecular complexity index is 450. The molecule has 0 unspecified atom stereocenters. The van der Waals surface area contributed by atoms with Crippen LogP contribution in [0.1, 0.15) is 0 Å². The van der Waals surface area contributed by atoms with Gasteiger partial charge in [-0.25, -0.2) is 4.39 Å². The number of fused-ring (bicyclic) bond motifs is 1. The zero-order valence-electron chi connectivity index (χ0n) is 6.80. The lowest BCUT2D eigenvalue weighted by Crippen LogP contribution is -1.80. The molecule has 2 aromatic rings.